The number of fused-ring (bicyclic) bond motifs is 1. The number of rotatable bonds is 10. The van der Waals surface area contributed by atoms with Gasteiger partial charge in [-0.1, -0.05) is 24.3 Å². The van der Waals surface area contributed by atoms with Crippen molar-refractivity contribution >= 4 is 46.9 Å². The van der Waals surface area contributed by atoms with E-state index in [2.05, 4.69) is 0 Å². The Labute approximate surface area is 244 Å². The van der Waals surface area contributed by atoms with E-state index in [1.807, 2.05) is 43.3 Å². The van der Waals surface area contributed by atoms with Crippen molar-refractivity contribution in [3.63, 3.8) is 0 Å². The van der Waals surface area contributed by atoms with Crippen LogP contribution < -0.4 is 18.9 Å². The van der Waals surface area contributed by atoms with Gasteiger partial charge in [0.05, 0.1) is 19.8 Å². The van der Waals surface area contributed by atoms with Crippen LogP contribution in [0.5, 0.6) is 23.0 Å². The Hall–Kier alpha value is -3.30. The number of carboxylic acid groups (broad SMARTS) is 1. The number of carboxylic acids is 1. The minimum Gasteiger partial charge on any atom is -0.497 e. The van der Waals surface area contributed by atoms with Gasteiger partial charge in [0.2, 0.25) is 12.5 Å². The van der Waals surface area contributed by atoms with Crippen molar-refractivity contribution in [1.82, 2.24) is 4.90 Å². The van der Waals surface area contributed by atoms with Crippen molar-refractivity contribution in [3.8, 4) is 23.0 Å². The van der Waals surface area contributed by atoms with E-state index in [4.69, 9.17) is 18.9 Å². The minimum atomic E-state index is -1.23. The second-order valence-corrected chi connectivity index (χ2v) is 8.86. The minimum absolute atomic E-state index is 0. The number of carbonyl (C=O) groups is 2. The molecule has 0 aliphatic carbocycles. The molecule has 3 aromatic carbocycles. The predicted molar refractivity (Wildman–Crippen MR) is 144 cm³/mol. The van der Waals surface area contributed by atoms with Crippen LogP contribution in [0.25, 0.3) is 5.57 Å². The molecule has 0 saturated carbocycles. The summed E-state index contributed by atoms with van der Waals surface area (Å²) in [6, 6.07) is 17.5. The van der Waals surface area contributed by atoms with E-state index < -0.39 is 11.8 Å². The molecule has 0 spiro atoms. The Bertz CT molecular complexity index is 1350. The third kappa shape index (κ3) is 6.57. The maximum atomic E-state index is 13.9. The van der Waals surface area contributed by atoms with Crippen molar-refractivity contribution in [2.24, 2.45) is 0 Å². The Morgan fingerprint density at radius 1 is 0.921 bits per heavy atom. The molecule has 0 saturated heterocycles. The van der Waals surface area contributed by atoms with Crippen molar-refractivity contribution in [2.75, 3.05) is 35.1 Å². The van der Waals surface area contributed by atoms with Gasteiger partial charge < -0.3 is 29.0 Å². The largest absolute Gasteiger partial charge is 0.497 e. The third-order valence-electron chi connectivity index (χ3n) is 5.96. The standard InChI is InChI=1S/C29H29NO7.Na/c1-30(2)16-19-7-5-6-18(12-19)13-23(27(31)20-8-10-22(34-3)11-9-20)26(29(32)33)21-14-24(35-4)28-25(15-21)36-17-37-28;/h5-12,14-15H,13,16-17H2,1-4H3,(H,32,33);/b26-23-;. The molecular weight excluding hydrogens is 497 g/mol. The summed E-state index contributed by atoms with van der Waals surface area (Å²) in [4.78, 5) is 28.6. The number of ketones is 1. The molecule has 38 heavy (non-hydrogen) atoms. The predicted octanol–water partition coefficient (Wildman–Crippen LogP) is 4.08. The maximum absolute atomic E-state index is 13.9. The number of methoxy groups -OCH3 is 2. The normalized spacial score (nSPS) is 12.4. The van der Waals surface area contributed by atoms with Gasteiger partial charge in [-0.05, 0) is 67.2 Å². The van der Waals surface area contributed by atoms with Crippen LogP contribution in [0.4, 0.5) is 0 Å². The van der Waals surface area contributed by atoms with Gasteiger partial charge in [0.1, 0.15) is 5.75 Å². The van der Waals surface area contributed by atoms with Gasteiger partial charge >= 0.3 is 5.97 Å². The molecule has 0 aromatic heterocycles. The van der Waals surface area contributed by atoms with E-state index in [9.17, 15) is 14.7 Å². The Morgan fingerprint density at radius 2 is 1.63 bits per heavy atom. The molecule has 0 atom stereocenters. The molecule has 1 aliphatic rings. The van der Waals surface area contributed by atoms with Crippen LogP contribution in [-0.2, 0) is 17.8 Å². The summed E-state index contributed by atoms with van der Waals surface area (Å²) in [7, 11) is 6.95. The van der Waals surface area contributed by atoms with E-state index in [1.54, 1.807) is 43.5 Å². The van der Waals surface area contributed by atoms with Crippen LogP contribution in [-0.4, -0.2) is 86.4 Å². The van der Waals surface area contributed by atoms with Gasteiger partial charge in [0.15, 0.2) is 17.3 Å². The molecule has 9 heteroatoms. The van der Waals surface area contributed by atoms with E-state index in [1.165, 1.54) is 7.11 Å². The van der Waals surface area contributed by atoms with Gasteiger partial charge in [-0.3, -0.25) is 4.79 Å². The smallest absolute Gasteiger partial charge is 0.336 e. The van der Waals surface area contributed by atoms with Crippen molar-refractivity contribution in [2.45, 2.75) is 13.0 Å². The number of ether oxygens (including phenoxy) is 4. The van der Waals surface area contributed by atoms with Crippen LogP contribution >= 0.6 is 0 Å². The zero-order chi connectivity index (χ0) is 26.5. The summed E-state index contributed by atoms with van der Waals surface area (Å²) < 4.78 is 21.6. The zero-order valence-corrected chi connectivity index (χ0v) is 24.2. The number of hydrogen-bond donors (Lipinski definition) is 1. The average molecular weight is 527 g/mol. The fourth-order valence-corrected chi connectivity index (χ4v) is 4.31. The molecule has 0 amide bonds. The van der Waals surface area contributed by atoms with Crippen LogP contribution in [0.15, 0.2) is 66.2 Å². The Balaban J connectivity index is 0.00000400. The monoisotopic (exact) mass is 526 g/mol. The average Bonchev–Trinajstić information content (AvgIpc) is 3.36. The number of hydrogen-bond acceptors (Lipinski definition) is 7. The number of carbonyl (C=O) groups excluding carboxylic acids is 1. The summed E-state index contributed by atoms with van der Waals surface area (Å²) in [5, 5.41) is 10.4. The zero-order valence-electron chi connectivity index (χ0n) is 22.2. The molecule has 1 aliphatic heterocycles. The summed E-state index contributed by atoms with van der Waals surface area (Å²) >= 11 is 0. The van der Waals surface area contributed by atoms with E-state index in [-0.39, 0.29) is 59.5 Å². The molecule has 1 heterocycles. The van der Waals surface area contributed by atoms with Crippen LogP contribution in [0.1, 0.15) is 27.0 Å². The van der Waals surface area contributed by atoms with Gasteiger partial charge in [-0.15, -0.1) is 0 Å². The number of aliphatic carboxylic acids is 1. The Kier molecular flexibility index (Phi) is 9.99. The first-order valence-electron chi connectivity index (χ1n) is 11.7. The number of nitrogens with zero attached hydrogens (tertiary/aromatic N) is 1. The van der Waals surface area contributed by atoms with Crippen molar-refractivity contribution in [3.05, 3.63) is 88.5 Å². The second-order valence-electron chi connectivity index (χ2n) is 8.86. The fourth-order valence-electron chi connectivity index (χ4n) is 4.31. The molecule has 193 valence electrons. The molecule has 4 rings (SSSR count). The van der Waals surface area contributed by atoms with Gasteiger partial charge in [-0.25, -0.2) is 4.79 Å². The number of Topliss-reactive ketones (excluding diaryl/α,β-unsaturated/α-hetero) is 1. The molecule has 0 unspecified atom stereocenters. The Morgan fingerprint density at radius 3 is 2.26 bits per heavy atom. The number of benzene rings is 3. The summed E-state index contributed by atoms with van der Waals surface area (Å²) in [5.41, 5.74) is 2.53. The van der Waals surface area contributed by atoms with Crippen LogP contribution in [0.3, 0.4) is 0 Å². The van der Waals surface area contributed by atoms with Crippen molar-refractivity contribution < 1.29 is 33.6 Å². The quantitative estimate of drug-likeness (QED) is 0.240. The second kappa shape index (κ2) is 13.0. The van der Waals surface area contributed by atoms with E-state index >= 15 is 0 Å². The van der Waals surface area contributed by atoms with Crippen molar-refractivity contribution in [1.29, 1.82) is 0 Å². The van der Waals surface area contributed by atoms with Gasteiger partial charge in [0, 0.05) is 53.7 Å². The van der Waals surface area contributed by atoms with E-state index in [0.717, 1.165) is 11.1 Å². The van der Waals surface area contributed by atoms with Crippen LogP contribution in [0.2, 0.25) is 0 Å². The summed E-state index contributed by atoms with van der Waals surface area (Å²) in [6.07, 6.45) is 0.116. The molecule has 1 radical (unpaired) electrons. The molecule has 0 fully saturated rings. The molecular formula is C29H29NNaO7. The van der Waals surface area contributed by atoms with Gasteiger partial charge in [0.25, 0.3) is 0 Å². The molecule has 1 N–H and O–H groups in total. The SMILES string of the molecule is COc1ccc(C(=O)/C(Cc2cccc(CN(C)C)c2)=C(\C(=O)O)c2cc(OC)c3c(c2)OCO3)cc1.[Na]. The third-order valence-corrected chi connectivity index (χ3v) is 5.96. The first-order valence-corrected chi connectivity index (χ1v) is 11.7. The number of allylic oxidation sites excluding steroid dienone is 1. The first kappa shape index (κ1) is 29.3. The molecule has 8 nitrogen and oxygen atoms in total. The topological polar surface area (TPSA) is 94.5 Å². The van der Waals surface area contributed by atoms with Gasteiger partial charge in [-0.2, -0.15) is 0 Å². The summed E-state index contributed by atoms with van der Waals surface area (Å²) in [6.45, 7) is 0.710. The van der Waals surface area contributed by atoms with Crippen LogP contribution in [0, 0.1) is 0 Å². The maximum Gasteiger partial charge on any atom is 0.336 e. The van der Waals surface area contributed by atoms with E-state index in [0.29, 0.717) is 35.1 Å². The molecule has 3 aromatic rings. The summed E-state index contributed by atoms with van der Waals surface area (Å²) in [5.74, 6) is 0.0510. The first-order chi connectivity index (χ1) is 17.8. The fraction of sp³-hybridized carbons (Fsp3) is 0.241. The molecule has 0 bridgehead atoms.